The number of nitrogens with one attached hydrogen (secondary N) is 3. The Morgan fingerprint density at radius 2 is 1.81 bits per heavy atom. The van der Waals surface area contributed by atoms with Gasteiger partial charge in [-0.15, -0.1) is 0 Å². The average Bonchev–Trinajstić information content (AvgIpc) is 3.21. The fraction of sp³-hybridized carbons (Fsp3) is 0.480. The fourth-order valence-electron chi connectivity index (χ4n) is 4.76. The van der Waals surface area contributed by atoms with Gasteiger partial charge in [0.1, 0.15) is 5.75 Å². The number of rotatable bonds is 8. The maximum atomic E-state index is 12.8. The van der Waals surface area contributed by atoms with Crippen LogP contribution in [0.3, 0.4) is 0 Å². The molecule has 0 bridgehead atoms. The highest BCUT2D eigenvalue weighted by molar-refractivity contribution is 5.79. The number of ether oxygens (including phenoxy) is 1. The summed E-state index contributed by atoms with van der Waals surface area (Å²) in [5.41, 5.74) is 3.71. The summed E-state index contributed by atoms with van der Waals surface area (Å²) in [7, 11) is 1.65. The molecule has 1 amide bonds. The maximum absolute atomic E-state index is 12.8. The van der Waals surface area contributed by atoms with E-state index < -0.39 is 6.35 Å². The number of aryl methyl sites for hydroxylation is 1. The molecule has 0 heterocycles. The summed E-state index contributed by atoms with van der Waals surface area (Å²) in [6.07, 6.45) is 4.74. The third kappa shape index (κ3) is 5.64. The number of carbonyl (C=O) groups excluding carboxylic acids is 1. The van der Waals surface area contributed by atoms with E-state index in [2.05, 4.69) is 34.1 Å². The lowest BCUT2D eigenvalue weighted by atomic mass is 9.85. The predicted molar refractivity (Wildman–Crippen MR) is 120 cm³/mol. The lowest BCUT2D eigenvalue weighted by molar-refractivity contribution is -0.126. The van der Waals surface area contributed by atoms with Crippen LogP contribution in [0.2, 0.25) is 0 Å². The van der Waals surface area contributed by atoms with E-state index in [9.17, 15) is 9.90 Å². The minimum absolute atomic E-state index is 0.0650. The number of methoxy groups -OCH3 is 1. The maximum Gasteiger partial charge on any atom is 0.223 e. The minimum atomic E-state index is -0.771. The molecule has 31 heavy (non-hydrogen) atoms. The first-order chi connectivity index (χ1) is 15.1. The van der Waals surface area contributed by atoms with Gasteiger partial charge in [0, 0.05) is 18.5 Å². The van der Waals surface area contributed by atoms with Crippen molar-refractivity contribution >= 4 is 5.91 Å². The second-order valence-electron chi connectivity index (χ2n) is 8.65. The number of aliphatic hydroxyl groups excluding tert-OH is 1. The normalized spacial score (nSPS) is 23.7. The Bertz CT molecular complexity index is 863. The fourth-order valence-corrected chi connectivity index (χ4v) is 4.76. The molecule has 0 radical (unpaired) electrons. The summed E-state index contributed by atoms with van der Waals surface area (Å²) in [4.78, 5) is 12.8. The Morgan fingerprint density at radius 1 is 1.06 bits per heavy atom. The lowest BCUT2D eigenvalue weighted by Crippen LogP contribution is -2.48. The standard InChI is InChI=1S/C25H33N3O3/c1-31-21-13-6-17(7-14-21)16-26-25(30)27-20-11-8-19(9-12-20)24(29)28-23-15-10-18-4-2-3-5-22(18)23/h2-7,13-14,19-20,23,25-27,30H,8-12,15-16H2,1H3,(H,28,29)/t19?,20?,23-,25?/m0/s1. The summed E-state index contributed by atoms with van der Waals surface area (Å²) in [5, 5.41) is 19.9. The van der Waals surface area contributed by atoms with Crippen molar-refractivity contribution in [2.24, 2.45) is 5.92 Å². The monoisotopic (exact) mass is 423 g/mol. The highest BCUT2D eigenvalue weighted by Crippen LogP contribution is 2.32. The SMILES string of the molecule is COc1ccc(CNC(O)NC2CCC(C(=O)N[C@H]3CCc4ccccc43)CC2)cc1. The quantitative estimate of drug-likeness (QED) is 0.491. The Morgan fingerprint density at radius 3 is 2.55 bits per heavy atom. The Balaban J connectivity index is 1.17. The van der Waals surface area contributed by atoms with Crippen molar-refractivity contribution in [3.05, 3.63) is 65.2 Å². The Hall–Kier alpha value is -2.41. The molecule has 0 spiro atoms. The molecular weight excluding hydrogens is 390 g/mol. The highest BCUT2D eigenvalue weighted by atomic mass is 16.5. The highest BCUT2D eigenvalue weighted by Gasteiger charge is 2.30. The second kappa shape index (κ2) is 10.3. The molecular formula is C25H33N3O3. The van der Waals surface area contributed by atoms with Gasteiger partial charge in [-0.25, -0.2) is 0 Å². The number of benzene rings is 2. The van der Waals surface area contributed by atoms with Crippen molar-refractivity contribution < 1.29 is 14.6 Å². The van der Waals surface area contributed by atoms with E-state index in [1.807, 2.05) is 30.3 Å². The first kappa shape index (κ1) is 21.8. The van der Waals surface area contributed by atoms with Crippen LogP contribution in [-0.4, -0.2) is 30.5 Å². The minimum Gasteiger partial charge on any atom is -0.497 e. The van der Waals surface area contributed by atoms with Gasteiger partial charge in [-0.1, -0.05) is 36.4 Å². The molecule has 2 aromatic carbocycles. The molecule has 6 heteroatoms. The van der Waals surface area contributed by atoms with E-state index in [0.717, 1.165) is 49.8 Å². The lowest BCUT2D eigenvalue weighted by Gasteiger charge is -2.31. The summed E-state index contributed by atoms with van der Waals surface area (Å²) in [6, 6.07) is 16.6. The van der Waals surface area contributed by atoms with E-state index in [1.165, 1.54) is 11.1 Å². The van der Waals surface area contributed by atoms with Gasteiger partial charge in [0.15, 0.2) is 6.35 Å². The van der Waals surface area contributed by atoms with Crippen LogP contribution < -0.4 is 20.7 Å². The largest absolute Gasteiger partial charge is 0.497 e. The van der Waals surface area contributed by atoms with Crippen LogP contribution in [0, 0.1) is 5.92 Å². The van der Waals surface area contributed by atoms with Crippen LogP contribution in [0.4, 0.5) is 0 Å². The zero-order chi connectivity index (χ0) is 21.6. The number of amides is 1. The smallest absolute Gasteiger partial charge is 0.223 e. The van der Waals surface area contributed by atoms with Crippen molar-refractivity contribution in [2.45, 2.75) is 63.5 Å². The van der Waals surface area contributed by atoms with Crippen molar-refractivity contribution in [3.63, 3.8) is 0 Å². The number of hydrogen-bond donors (Lipinski definition) is 4. The summed E-state index contributed by atoms with van der Waals surface area (Å²) in [5.74, 6) is 1.06. The van der Waals surface area contributed by atoms with Crippen molar-refractivity contribution in [2.75, 3.05) is 7.11 Å². The van der Waals surface area contributed by atoms with Gasteiger partial charge < -0.3 is 15.2 Å². The first-order valence-electron chi connectivity index (χ1n) is 11.3. The van der Waals surface area contributed by atoms with Gasteiger partial charge in [0.2, 0.25) is 5.91 Å². The van der Waals surface area contributed by atoms with Crippen molar-refractivity contribution in [1.82, 2.24) is 16.0 Å². The molecule has 2 aromatic rings. The predicted octanol–water partition coefficient (Wildman–Crippen LogP) is 3.01. The van der Waals surface area contributed by atoms with Gasteiger partial charge in [0.05, 0.1) is 13.2 Å². The van der Waals surface area contributed by atoms with Gasteiger partial charge in [-0.05, 0) is 67.3 Å². The zero-order valence-corrected chi connectivity index (χ0v) is 18.1. The molecule has 166 valence electrons. The molecule has 4 N–H and O–H groups in total. The van der Waals surface area contributed by atoms with Crippen LogP contribution in [0.1, 0.15) is 54.8 Å². The molecule has 1 unspecified atom stereocenters. The van der Waals surface area contributed by atoms with Gasteiger partial charge >= 0.3 is 0 Å². The van der Waals surface area contributed by atoms with E-state index in [0.29, 0.717) is 6.54 Å². The molecule has 2 aliphatic carbocycles. The van der Waals surface area contributed by atoms with Crippen LogP contribution >= 0.6 is 0 Å². The topological polar surface area (TPSA) is 82.6 Å². The molecule has 0 aromatic heterocycles. The number of aliphatic hydroxyl groups is 1. The summed E-state index contributed by atoms with van der Waals surface area (Å²) < 4.78 is 5.16. The van der Waals surface area contributed by atoms with Crippen LogP contribution in [0.5, 0.6) is 5.75 Å². The van der Waals surface area contributed by atoms with E-state index in [4.69, 9.17) is 4.74 Å². The molecule has 1 fully saturated rings. The average molecular weight is 424 g/mol. The van der Waals surface area contributed by atoms with E-state index >= 15 is 0 Å². The van der Waals surface area contributed by atoms with Crippen LogP contribution in [0.25, 0.3) is 0 Å². The number of hydrogen-bond acceptors (Lipinski definition) is 5. The zero-order valence-electron chi connectivity index (χ0n) is 18.1. The third-order valence-electron chi connectivity index (χ3n) is 6.60. The summed E-state index contributed by atoms with van der Waals surface area (Å²) >= 11 is 0. The van der Waals surface area contributed by atoms with Crippen molar-refractivity contribution in [3.8, 4) is 5.75 Å². The van der Waals surface area contributed by atoms with Gasteiger partial charge in [-0.3, -0.25) is 15.4 Å². The molecule has 4 rings (SSSR count). The van der Waals surface area contributed by atoms with E-state index in [-0.39, 0.29) is 23.9 Å². The molecule has 1 saturated carbocycles. The molecule has 2 atom stereocenters. The van der Waals surface area contributed by atoms with Crippen LogP contribution in [-0.2, 0) is 17.8 Å². The molecule has 6 nitrogen and oxygen atoms in total. The van der Waals surface area contributed by atoms with Crippen LogP contribution in [0.15, 0.2) is 48.5 Å². The molecule has 0 aliphatic heterocycles. The molecule has 2 aliphatic rings. The number of fused-ring (bicyclic) bond motifs is 1. The third-order valence-corrected chi connectivity index (χ3v) is 6.60. The Labute approximate surface area is 184 Å². The number of carbonyl (C=O) groups is 1. The Kier molecular flexibility index (Phi) is 7.22. The van der Waals surface area contributed by atoms with Gasteiger partial charge in [-0.2, -0.15) is 0 Å². The first-order valence-corrected chi connectivity index (χ1v) is 11.3. The van der Waals surface area contributed by atoms with Crippen molar-refractivity contribution in [1.29, 1.82) is 0 Å². The van der Waals surface area contributed by atoms with Gasteiger partial charge in [0.25, 0.3) is 0 Å². The summed E-state index contributed by atoms with van der Waals surface area (Å²) in [6.45, 7) is 0.568. The second-order valence-corrected chi connectivity index (χ2v) is 8.65. The molecule has 0 saturated heterocycles. The van der Waals surface area contributed by atoms with E-state index in [1.54, 1.807) is 7.11 Å².